The second kappa shape index (κ2) is 6.05. The summed E-state index contributed by atoms with van der Waals surface area (Å²) in [5, 5.41) is 0. The van der Waals surface area contributed by atoms with Gasteiger partial charge in [0.25, 0.3) is 5.91 Å². The van der Waals surface area contributed by atoms with Crippen LogP contribution in [0.15, 0.2) is 18.6 Å². The highest BCUT2D eigenvalue weighted by molar-refractivity contribution is 5.96. The molecule has 26 heavy (non-hydrogen) atoms. The molecule has 0 radical (unpaired) electrons. The van der Waals surface area contributed by atoms with Crippen molar-refractivity contribution in [2.45, 2.75) is 31.9 Å². The molecule has 8 heteroatoms. The van der Waals surface area contributed by atoms with Gasteiger partial charge in [-0.15, -0.1) is 0 Å². The lowest BCUT2D eigenvalue weighted by Crippen LogP contribution is -2.54. The fourth-order valence-electron chi connectivity index (χ4n) is 3.75. The Hall–Kier alpha value is -2.48. The molecule has 0 bridgehead atoms. The fourth-order valence-corrected chi connectivity index (χ4v) is 3.75. The molecule has 8 nitrogen and oxygen atoms in total. The van der Waals surface area contributed by atoms with Crippen molar-refractivity contribution in [3.63, 3.8) is 0 Å². The first kappa shape index (κ1) is 17.0. The third-order valence-electron chi connectivity index (χ3n) is 5.27. The molecule has 138 valence electrons. The zero-order chi connectivity index (χ0) is 18.5. The molecule has 2 aliphatic heterocycles. The van der Waals surface area contributed by atoms with Gasteiger partial charge in [0.05, 0.1) is 25.0 Å². The van der Waals surface area contributed by atoms with E-state index in [2.05, 4.69) is 23.8 Å². The summed E-state index contributed by atoms with van der Waals surface area (Å²) >= 11 is 0. The Morgan fingerprint density at radius 1 is 1.31 bits per heavy atom. The monoisotopic (exact) mass is 357 g/mol. The Balaban J connectivity index is 1.53. The lowest BCUT2D eigenvalue weighted by atomic mass is 10.0. The summed E-state index contributed by atoms with van der Waals surface area (Å²) in [4.78, 5) is 36.9. The number of pyridine rings is 1. The van der Waals surface area contributed by atoms with E-state index in [1.807, 2.05) is 4.57 Å². The molecule has 2 aromatic rings. The van der Waals surface area contributed by atoms with Gasteiger partial charge < -0.3 is 19.1 Å². The highest BCUT2D eigenvalue weighted by Gasteiger charge is 2.45. The topological polar surface area (TPSA) is 80.6 Å². The summed E-state index contributed by atoms with van der Waals surface area (Å²) in [5.41, 5.74) is 1.58. The van der Waals surface area contributed by atoms with Crippen molar-refractivity contribution in [2.75, 3.05) is 33.3 Å². The number of carbonyl (C=O) groups is 2. The predicted octanol–water partition coefficient (Wildman–Crippen LogP) is 1.09. The van der Waals surface area contributed by atoms with E-state index in [0.29, 0.717) is 25.2 Å². The van der Waals surface area contributed by atoms with Gasteiger partial charge >= 0.3 is 0 Å². The summed E-state index contributed by atoms with van der Waals surface area (Å²) in [5.74, 6) is -0.0886. The van der Waals surface area contributed by atoms with E-state index < -0.39 is 5.60 Å². The third-order valence-corrected chi connectivity index (χ3v) is 5.27. The maximum Gasteiger partial charge on any atom is 0.255 e. The molecule has 1 unspecified atom stereocenters. The summed E-state index contributed by atoms with van der Waals surface area (Å²) in [6.45, 7) is 5.83. The van der Waals surface area contributed by atoms with Crippen molar-refractivity contribution in [1.82, 2.24) is 24.3 Å². The highest BCUT2D eigenvalue weighted by atomic mass is 16.5. The van der Waals surface area contributed by atoms with E-state index in [4.69, 9.17) is 4.74 Å². The quantitative estimate of drug-likeness (QED) is 0.804. The Morgan fingerprint density at radius 2 is 2.12 bits per heavy atom. The number of ether oxygens (including phenoxy) is 1. The van der Waals surface area contributed by atoms with E-state index in [1.165, 1.54) is 0 Å². The normalized spacial score (nSPS) is 23.6. The third kappa shape index (κ3) is 2.74. The number of hydrogen-bond acceptors (Lipinski definition) is 5. The second-order valence-electron chi connectivity index (χ2n) is 7.51. The number of hydrogen-bond donors (Lipinski definition) is 0. The van der Waals surface area contributed by atoms with Crippen molar-refractivity contribution >= 4 is 23.0 Å². The Morgan fingerprint density at radius 3 is 2.85 bits per heavy atom. The van der Waals surface area contributed by atoms with Gasteiger partial charge in [-0.25, -0.2) is 9.97 Å². The van der Waals surface area contributed by atoms with Gasteiger partial charge in [0.2, 0.25) is 5.91 Å². The Bertz CT molecular complexity index is 877. The first-order chi connectivity index (χ1) is 12.4. The van der Waals surface area contributed by atoms with E-state index in [9.17, 15) is 9.59 Å². The van der Waals surface area contributed by atoms with Crippen molar-refractivity contribution in [2.24, 2.45) is 0 Å². The number of morpholine rings is 1. The van der Waals surface area contributed by atoms with Crippen molar-refractivity contribution in [1.29, 1.82) is 0 Å². The van der Waals surface area contributed by atoms with Gasteiger partial charge in [-0.05, 0) is 26.3 Å². The average Bonchev–Trinajstić information content (AvgIpc) is 3.22. The molecule has 0 N–H and O–H groups in total. The molecule has 1 spiro atoms. The SMILES string of the molecule is CC(C)n1cnc2cc(C(=O)N3CCC4(CN(C)C(=O)CO4)C3)cnc21. The number of imidazole rings is 1. The molecule has 0 saturated carbocycles. The summed E-state index contributed by atoms with van der Waals surface area (Å²) < 4.78 is 7.79. The van der Waals surface area contributed by atoms with E-state index in [1.54, 1.807) is 35.4 Å². The number of fused-ring (bicyclic) bond motifs is 1. The molecule has 1 atom stereocenters. The maximum atomic E-state index is 12.9. The largest absolute Gasteiger partial charge is 0.361 e. The van der Waals surface area contributed by atoms with Crippen molar-refractivity contribution in [3.8, 4) is 0 Å². The summed E-state index contributed by atoms with van der Waals surface area (Å²) in [6, 6.07) is 2.06. The van der Waals surface area contributed by atoms with Crippen LogP contribution in [0.4, 0.5) is 0 Å². The van der Waals surface area contributed by atoms with Crippen LogP contribution in [0, 0.1) is 0 Å². The number of likely N-dealkylation sites (N-methyl/N-ethyl adjacent to an activating group) is 1. The average molecular weight is 357 g/mol. The minimum Gasteiger partial charge on any atom is -0.361 e. The van der Waals surface area contributed by atoms with Crippen molar-refractivity contribution in [3.05, 3.63) is 24.2 Å². The number of amides is 2. The van der Waals surface area contributed by atoms with Gasteiger partial charge in [-0.1, -0.05) is 0 Å². The van der Waals surface area contributed by atoms with Crippen LogP contribution in [0.5, 0.6) is 0 Å². The predicted molar refractivity (Wildman–Crippen MR) is 94.8 cm³/mol. The van der Waals surface area contributed by atoms with Gasteiger partial charge in [0.15, 0.2) is 5.65 Å². The second-order valence-corrected chi connectivity index (χ2v) is 7.51. The van der Waals surface area contributed by atoms with Crippen LogP contribution < -0.4 is 0 Å². The Labute approximate surface area is 151 Å². The number of aromatic nitrogens is 3. The lowest BCUT2D eigenvalue weighted by molar-refractivity contribution is -0.158. The molecule has 4 heterocycles. The van der Waals surface area contributed by atoms with Gasteiger partial charge in [0, 0.05) is 25.8 Å². The van der Waals surface area contributed by atoms with E-state index >= 15 is 0 Å². The number of nitrogens with zero attached hydrogens (tertiary/aromatic N) is 5. The van der Waals surface area contributed by atoms with Gasteiger partial charge in [-0.3, -0.25) is 9.59 Å². The van der Waals surface area contributed by atoms with Gasteiger partial charge in [-0.2, -0.15) is 0 Å². The van der Waals surface area contributed by atoms with Crippen LogP contribution in [0.3, 0.4) is 0 Å². The van der Waals surface area contributed by atoms with Crippen LogP contribution in [0.25, 0.3) is 11.2 Å². The maximum absolute atomic E-state index is 12.9. The molecular formula is C18H23N5O3. The fraction of sp³-hybridized carbons (Fsp3) is 0.556. The summed E-state index contributed by atoms with van der Waals surface area (Å²) in [6.07, 6.45) is 4.10. The molecule has 4 rings (SSSR count). The lowest BCUT2D eigenvalue weighted by Gasteiger charge is -2.38. The van der Waals surface area contributed by atoms with Crippen molar-refractivity contribution < 1.29 is 14.3 Å². The molecule has 2 saturated heterocycles. The molecule has 0 aromatic carbocycles. The van der Waals surface area contributed by atoms with Crippen LogP contribution in [-0.2, 0) is 9.53 Å². The first-order valence-electron chi connectivity index (χ1n) is 8.88. The number of likely N-dealkylation sites (tertiary alicyclic amines) is 1. The zero-order valence-corrected chi connectivity index (χ0v) is 15.3. The molecule has 2 aromatic heterocycles. The molecule has 2 fully saturated rings. The minimum atomic E-state index is -0.449. The highest BCUT2D eigenvalue weighted by Crippen LogP contribution is 2.30. The van der Waals surface area contributed by atoms with Crippen LogP contribution >= 0.6 is 0 Å². The summed E-state index contributed by atoms with van der Waals surface area (Å²) in [7, 11) is 1.78. The van der Waals surface area contributed by atoms with Gasteiger partial charge in [0.1, 0.15) is 17.7 Å². The first-order valence-corrected chi connectivity index (χ1v) is 8.88. The molecule has 2 amide bonds. The van der Waals surface area contributed by atoms with Crippen LogP contribution in [0.2, 0.25) is 0 Å². The van der Waals surface area contributed by atoms with Crippen LogP contribution in [-0.4, -0.2) is 75.0 Å². The number of rotatable bonds is 2. The van der Waals surface area contributed by atoms with E-state index in [0.717, 1.165) is 17.6 Å². The standard InChI is InChI=1S/C18H23N5O3/c1-12(2)23-11-20-14-6-13(7-19-16(14)23)17(25)22-5-4-18(10-22)9-21(3)15(24)8-26-18/h6-7,11-12H,4-5,8-10H2,1-3H3. The minimum absolute atomic E-state index is 0.0178. The molecular weight excluding hydrogens is 334 g/mol. The molecule has 2 aliphatic rings. The van der Waals surface area contributed by atoms with Crippen LogP contribution in [0.1, 0.15) is 36.7 Å². The number of carbonyl (C=O) groups excluding carboxylic acids is 2. The molecule has 0 aliphatic carbocycles. The Kier molecular flexibility index (Phi) is 3.95. The zero-order valence-electron chi connectivity index (χ0n) is 15.3. The smallest absolute Gasteiger partial charge is 0.255 e. The van der Waals surface area contributed by atoms with E-state index in [-0.39, 0.29) is 24.5 Å².